The Bertz CT molecular complexity index is 3200. The average molecular weight is 1020 g/mol. The topological polar surface area (TPSA) is 159 Å². The molecule has 5 aliphatic heterocycles. The number of carbonyl (C=O) groups is 2. The molecule has 9 aliphatic rings. The zero-order valence-electron chi connectivity index (χ0n) is 42.8. The Balaban J connectivity index is 0.000000111. The number of amides is 2. The molecular weight excluding hydrogens is 951 g/mol. The van der Waals surface area contributed by atoms with E-state index in [1.54, 1.807) is 0 Å². The first-order chi connectivity index (χ1) is 35.7. The van der Waals surface area contributed by atoms with Crippen molar-refractivity contribution >= 4 is 47.4 Å². The van der Waals surface area contributed by atoms with E-state index in [1.807, 2.05) is 18.5 Å². The summed E-state index contributed by atoms with van der Waals surface area (Å²) in [6, 6.07) is 21.2. The molecule has 5 fully saturated rings. The summed E-state index contributed by atoms with van der Waals surface area (Å²) in [5.74, 6) is 0.201. The quantitative estimate of drug-likeness (QED) is 0.101. The Hall–Kier alpha value is -5.97. The fraction of sp³-hybridized carbons (Fsp3) is 0.448. The zero-order chi connectivity index (χ0) is 50.6. The van der Waals surface area contributed by atoms with Gasteiger partial charge in [0.25, 0.3) is 11.8 Å². The molecular formula is C58H64BClN8O6. The number of fused-ring (bicyclic) bond motifs is 10. The molecule has 0 atom stereocenters. The fourth-order valence-corrected chi connectivity index (χ4v) is 12.2. The molecule has 14 nitrogen and oxygen atoms in total. The number of nitrogens with zero attached hydrogens (tertiary/aromatic N) is 4. The molecule has 0 unspecified atom stereocenters. The van der Waals surface area contributed by atoms with Crippen molar-refractivity contribution in [1.29, 1.82) is 0 Å². The number of H-pyrrole nitrogens is 2. The first-order valence-corrected chi connectivity index (χ1v) is 27.1. The number of carbonyl (C=O) groups excluding carboxylic acids is 2. The first kappa shape index (κ1) is 47.7. The van der Waals surface area contributed by atoms with Crippen molar-refractivity contribution in [3.63, 3.8) is 0 Å². The van der Waals surface area contributed by atoms with E-state index in [4.69, 9.17) is 35.4 Å². The van der Waals surface area contributed by atoms with Crippen molar-refractivity contribution in [2.75, 3.05) is 62.4 Å². The summed E-state index contributed by atoms with van der Waals surface area (Å²) in [5, 5.41) is 6.97. The number of anilines is 2. The normalized spacial score (nSPS) is 21.6. The number of rotatable bonds is 4. The number of benzene rings is 2. The molecule has 2 amide bonds. The van der Waals surface area contributed by atoms with Gasteiger partial charge in [-0.05, 0) is 143 Å². The van der Waals surface area contributed by atoms with Crippen LogP contribution in [0.25, 0.3) is 33.8 Å². The second kappa shape index (κ2) is 18.1. The number of hydrogen-bond acceptors (Lipinski definition) is 10. The summed E-state index contributed by atoms with van der Waals surface area (Å²) in [6.45, 7) is 15.2. The van der Waals surface area contributed by atoms with Gasteiger partial charge in [-0.25, -0.2) is 4.98 Å². The van der Waals surface area contributed by atoms with Crippen molar-refractivity contribution < 1.29 is 28.4 Å². The number of ether oxygens (including phenoxy) is 2. The summed E-state index contributed by atoms with van der Waals surface area (Å²) in [7, 11) is -0.295. The number of aromatic amines is 2. The standard InChI is InChI=1S/C26H26N4O2.C16H24BNO3.C16H14ClN3O/c31-25-23-19-5-4-17-15-27-21(16-2-1-3-18(12-16)30-8-10-32-11-9-30)13-20(17)24(19)28-22(23)14-26(29-25)6-7-26;1-15(2)16(3,4)21-17(20-15)13-6-5-7-14(12-13)18-8-10-19-11-9-18;17-12-5-10-8(7-18-12)1-2-9-13-11(19-14(9)10)6-16(3-4-16)20-15(13)21/h1-3,12-13,15,28H,4-11,14H2,(H,29,31);5-7,12H,8-11H2,1-4H3;5,7,19H,1-4,6H2,(H,20,21). The first-order valence-electron chi connectivity index (χ1n) is 26.7. The number of hydrogen-bond donors (Lipinski definition) is 4. The van der Waals surface area contributed by atoms with Gasteiger partial charge in [-0.2, -0.15) is 0 Å². The predicted molar refractivity (Wildman–Crippen MR) is 288 cm³/mol. The molecule has 74 heavy (non-hydrogen) atoms. The summed E-state index contributed by atoms with van der Waals surface area (Å²) in [6.07, 6.45) is 13.7. The molecule has 0 bridgehead atoms. The highest BCUT2D eigenvalue weighted by atomic mass is 35.5. The van der Waals surface area contributed by atoms with E-state index in [9.17, 15) is 9.59 Å². The molecule has 15 rings (SSSR count). The number of aryl methyl sites for hydroxylation is 2. The SMILES string of the molecule is CC1(C)OB(c2cccc(N3CCOCC3)c2)OC1(C)C.O=C1NC2(CC2)Cc2[nH]c3c(c21)CCc1cnc(-c2cccc(N4CCOCC4)c2)cc1-3.O=C1NC2(CC2)Cc2[nH]c3c(c21)CCc1cnc(Cl)cc1-3. The largest absolute Gasteiger partial charge is 0.494 e. The Morgan fingerprint density at radius 1 is 0.608 bits per heavy atom. The van der Waals surface area contributed by atoms with E-state index in [-0.39, 0.29) is 41.2 Å². The highest BCUT2D eigenvalue weighted by Crippen LogP contribution is 2.48. The van der Waals surface area contributed by atoms with Crippen LogP contribution in [-0.2, 0) is 57.3 Å². The molecule has 2 saturated carbocycles. The zero-order valence-corrected chi connectivity index (χ0v) is 43.6. The van der Waals surface area contributed by atoms with Crippen molar-refractivity contribution in [2.45, 2.75) is 114 Å². The fourth-order valence-electron chi connectivity index (χ4n) is 12.1. The molecule has 4 N–H and O–H groups in total. The molecule has 4 aliphatic carbocycles. The summed E-state index contributed by atoms with van der Waals surface area (Å²) in [4.78, 5) is 46.3. The van der Waals surface area contributed by atoms with Crippen LogP contribution in [0.2, 0.25) is 5.15 Å². The minimum absolute atomic E-state index is 0.0176. The molecule has 4 aromatic heterocycles. The molecule has 6 aromatic rings. The highest BCUT2D eigenvalue weighted by Gasteiger charge is 2.53. The third kappa shape index (κ3) is 8.71. The van der Waals surface area contributed by atoms with Crippen LogP contribution in [-0.4, -0.2) is 114 Å². The number of halogens is 1. The minimum Gasteiger partial charge on any atom is -0.399 e. The van der Waals surface area contributed by atoms with Gasteiger partial charge in [0.15, 0.2) is 0 Å². The number of morpholine rings is 2. The summed E-state index contributed by atoms with van der Waals surface area (Å²) >= 11 is 6.05. The Morgan fingerprint density at radius 2 is 1.11 bits per heavy atom. The van der Waals surface area contributed by atoms with Crippen LogP contribution in [0, 0.1) is 0 Å². The molecule has 382 valence electrons. The van der Waals surface area contributed by atoms with Gasteiger partial charge in [-0.15, -0.1) is 0 Å². The Labute approximate surface area is 437 Å². The monoisotopic (exact) mass is 1010 g/mol. The second-order valence-corrected chi connectivity index (χ2v) is 23.2. The highest BCUT2D eigenvalue weighted by molar-refractivity contribution is 6.62. The average Bonchev–Trinajstić information content (AvgIpc) is 4.23. The van der Waals surface area contributed by atoms with E-state index in [0.717, 1.165) is 179 Å². The van der Waals surface area contributed by atoms with E-state index < -0.39 is 0 Å². The lowest BCUT2D eigenvalue weighted by atomic mass is 9.79. The lowest BCUT2D eigenvalue weighted by Gasteiger charge is -2.32. The summed E-state index contributed by atoms with van der Waals surface area (Å²) in [5.41, 5.74) is 18.3. The van der Waals surface area contributed by atoms with Crippen molar-refractivity contribution in [3.05, 3.63) is 123 Å². The van der Waals surface area contributed by atoms with Gasteiger partial charge in [0.05, 0.1) is 65.8 Å². The van der Waals surface area contributed by atoms with Gasteiger partial charge >= 0.3 is 7.12 Å². The van der Waals surface area contributed by atoms with Gasteiger partial charge in [-0.1, -0.05) is 35.9 Å². The molecule has 9 heterocycles. The van der Waals surface area contributed by atoms with Gasteiger partial charge in [0.2, 0.25) is 0 Å². The van der Waals surface area contributed by atoms with Crippen LogP contribution >= 0.6 is 11.6 Å². The Kier molecular flexibility index (Phi) is 11.7. The maximum absolute atomic E-state index is 12.9. The lowest BCUT2D eigenvalue weighted by molar-refractivity contribution is 0.00578. The van der Waals surface area contributed by atoms with Gasteiger partial charge in [0.1, 0.15) is 5.15 Å². The van der Waals surface area contributed by atoms with Crippen LogP contribution in [0.4, 0.5) is 11.4 Å². The van der Waals surface area contributed by atoms with E-state index >= 15 is 0 Å². The molecule has 2 aromatic carbocycles. The van der Waals surface area contributed by atoms with Crippen molar-refractivity contribution in [2.24, 2.45) is 0 Å². The van der Waals surface area contributed by atoms with Gasteiger partial charge in [-0.3, -0.25) is 14.6 Å². The van der Waals surface area contributed by atoms with E-state index in [1.165, 1.54) is 33.6 Å². The third-order valence-electron chi connectivity index (χ3n) is 17.4. The van der Waals surface area contributed by atoms with Crippen molar-refractivity contribution in [3.8, 4) is 33.8 Å². The van der Waals surface area contributed by atoms with Crippen LogP contribution in [0.1, 0.15) is 108 Å². The number of pyridine rings is 2. The molecule has 16 heteroatoms. The van der Waals surface area contributed by atoms with Gasteiger partial charge in [0, 0.05) is 102 Å². The minimum atomic E-state index is -0.299. The number of aromatic nitrogens is 4. The van der Waals surface area contributed by atoms with E-state index in [2.05, 4.69) is 118 Å². The predicted octanol–water partition coefficient (Wildman–Crippen LogP) is 7.97. The van der Waals surface area contributed by atoms with Crippen LogP contribution in [0.5, 0.6) is 0 Å². The second-order valence-electron chi connectivity index (χ2n) is 22.8. The smallest absolute Gasteiger partial charge is 0.399 e. The maximum atomic E-state index is 12.9. The van der Waals surface area contributed by atoms with Crippen molar-refractivity contribution in [1.82, 2.24) is 30.6 Å². The van der Waals surface area contributed by atoms with Crippen LogP contribution < -0.4 is 25.9 Å². The Morgan fingerprint density at radius 3 is 1.65 bits per heavy atom. The third-order valence-corrected chi connectivity index (χ3v) is 17.6. The van der Waals surface area contributed by atoms with E-state index in [0.29, 0.717) is 5.15 Å². The lowest BCUT2D eigenvalue weighted by Crippen LogP contribution is -2.43. The van der Waals surface area contributed by atoms with Gasteiger partial charge < -0.3 is 49.2 Å². The van der Waals surface area contributed by atoms with Crippen LogP contribution in [0.3, 0.4) is 0 Å². The summed E-state index contributed by atoms with van der Waals surface area (Å²) < 4.78 is 23.2. The molecule has 2 spiro atoms. The molecule has 3 saturated heterocycles. The van der Waals surface area contributed by atoms with Crippen LogP contribution in [0.15, 0.2) is 73.1 Å². The maximum Gasteiger partial charge on any atom is 0.494 e. The molecule has 0 radical (unpaired) electrons. The number of nitrogens with one attached hydrogen (secondary N) is 4.